The summed E-state index contributed by atoms with van der Waals surface area (Å²) in [5.41, 5.74) is 4.24. The lowest BCUT2D eigenvalue weighted by molar-refractivity contribution is 0.609. The van der Waals surface area contributed by atoms with Crippen LogP contribution < -0.4 is 4.90 Å². The first-order valence-electron chi connectivity index (χ1n) is 9.01. The summed E-state index contributed by atoms with van der Waals surface area (Å²) in [5, 5.41) is 0. The largest absolute Gasteiger partial charge is 0.372 e. The first kappa shape index (κ1) is 18.1. The molecule has 0 fully saturated rings. The first-order valence-corrected chi connectivity index (χ1v) is 9.01. The molecule has 0 aromatic heterocycles. The SMILES string of the molecule is CCCCCCN(CCCCCC)c1ccc(C)c(C)c1. The highest BCUT2D eigenvalue weighted by atomic mass is 15.1. The fourth-order valence-electron chi connectivity index (χ4n) is 2.75. The Morgan fingerprint density at radius 3 is 1.76 bits per heavy atom. The first-order chi connectivity index (χ1) is 10.2. The van der Waals surface area contributed by atoms with Gasteiger partial charge in [-0.3, -0.25) is 0 Å². The molecule has 0 bridgehead atoms. The molecular formula is C20H35N. The number of nitrogens with zero attached hydrogens (tertiary/aromatic N) is 1. The van der Waals surface area contributed by atoms with Gasteiger partial charge in [0.05, 0.1) is 0 Å². The molecule has 120 valence electrons. The van der Waals surface area contributed by atoms with E-state index in [1.807, 2.05) is 0 Å². The van der Waals surface area contributed by atoms with Gasteiger partial charge in [0.1, 0.15) is 0 Å². The van der Waals surface area contributed by atoms with Crippen LogP contribution in [-0.4, -0.2) is 13.1 Å². The molecule has 0 amide bonds. The predicted octanol–water partition coefficient (Wildman–Crippen LogP) is 6.27. The van der Waals surface area contributed by atoms with Crippen LogP contribution in [0.5, 0.6) is 0 Å². The Morgan fingerprint density at radius 2 is 1.29 bits per heavy atom. The lowest BCUT2D eigenvalue weighted by atomic mass is 10.1. The van der Waals surface area contributed by atoms with Crippen LogP contribution in [0, 0.1) is 13.8 Å². The summed E-state index contributed by atoms with van der Waals surface area (Å²) in [6.45, 7) is 11.4. The van der Waals surface area contributed by atoms with Gasteiger partial charge >= 0.3 is 0 Å². The monoisotopic (exact) mass is 289 g/mol. The van der Waals surface area contributed by atoms with Crippen molar-refractivity contribution in [1.29, 1.82) is 0 Å². The van der Waals surface area contributed by atoms with E-state index in [0.29, 0.717) is 0 Å². The minimum Gasteiger partial charge on any atom is -0.372 e. The molecule has 1 aromatic carbocycles. The van der Waals surface area contributed by atoms with Gasteiger partial charge in [-0.2, -0.15) is 0 Å². The molecule has 0 radical (unpaired) electrons. The van der Waals surface area contributed by atoms with E-state index in [1.54, 1.807) is 0 Å². The van der Waals surface area contributed by atoms with Gasteiger partial charge in [-0.25, -0.2) is 0 Å². The third kappa shape index (κ3) is 7.02. The number of hydrogen-bond acceptors (Lipinski definition) is 1. The topological polar surface area (TPSA) is 3.24 Å². The number of unbranched alkanes of at least 4 members (excludes halogenated alkanes) is 6. The molecule has 1 heteroatoms. The molecule has 0 heterocycles. The minimum absolute atomic E-state index is 1.22. The number of rotatable bonds is 11. The van der Waals surface area contributed by atoms with Gasteiger partial charge in [0.25, 0.3) is 0 Å². The van der Waals surface area contributed by atoms with Crippen LogP contribution in [0.15, 0.2) is 18.2 Å². The molecule has 0 N–H and O–H groups in total. The fraction of sp³-hybridized carbons (Fsp3) is 0.700. The molecule has 1 rings (SSSR count). The van der Waals surface area contributed by atoms with Crippen LogP contribution in [0.1, 0.15) is 76.3 Å². The van der Waals surface area contributed by atoms with Crippen molar-refractivity contribution in [2.24, 2.45) is 0 Å². The number of anilines is 1. The summed E-state index contributed by atoms with van der Waals surface area (Å²) in [4.78, 5) is 2.61. The summed E-state index contributed by atoms with van der Waals surface area (Å²) in [6.07, 6.45) is 10.8. The summed E-state index contributed by atoms with van der Waals surface area (Å²) >= 11 is 0. The lowest BCUT2D eigenvalue weighted by Gasteiger charge is -2.26. The van der Waals surface area contributed by atoms with Gasteiger partial charge < -0.3 is 4.90 Å². The average molecular weight is 290 g/mol. The Kier molecular flexibility index (Phi) is 9.21. The maximum Gasteiger partial charge on any atom is 0.0369 e. The van der Waals surface area contributed by atoms with Crippen LogP contribution >= 0.6 is 0 Å². The van der Waals surface area contributed by atoms with E-state index in [0.717, 1.165) is 0 Å². The minimum atomic E-state index is 1.22. The zero-order valence-corrected chi connectivity index (χ0v) is 14.8. The molecule has 0 unspecified atom stereocenters. The zero-order valence-electron chi connectivity index (χ0n) is 14.8. The molecular weight excluding hydrogens is 254 g/mol. The Hall–Kier alpha value is -0.980. The second-order valence-electron chi connectivity index (χ2n) is 6.38. The summed E-state index contributed by atoms with van der Waals surface area (Å²) in [5.74, 6) is 0. The maximum absolute atomic E-state index is 2.61. The van der Waals surface area contributed by atoms with Crippen LogP contribution in [0.4, 0.5) is 5.69 Å². The van der Waals surface area contributed by atoms with E-state index < -0.39 is 0 Å². The smallest absolute Gasteiger partial charge is 0.0369 e. The molecule has 0 saturated heterocycles. The zero-order chi connectivity index (χ0) is 15.5. The van der Waals surface area contributed by atoms with Crippen LogP contribution in [0.2, 0.25) is 0 Å². The van der Waals surface area contributed by atoms with Gasteiger partial charge in [0, 0.05) is 18.8 Å². The van der Waals surface area contributed by atoms with E-state index in [-0.39, 0.29) is 0 Å². The molecule has 0 atom stereocenters. The molecule has 0 spiro atoms. The lowest BCUT2D eigenvalue weighted by Crippen LogP contribution is -2.25. The summed E-state index contributed by atoms with van der Waals surface area (Å²) in [6, 6.07) is 6.95. The van der Waals surface area contributed by atoms with E-state index in [2.05, 4.69) is 50.8 Å². The van der Waals surface area contributed by atoms with Crippen LogP contribution in [0.3, 0.4) is 0 Å². The normalized spacial score (nSPS) is 10.9. The van der Waals surface area contributed by atoms with Crippen molar-refractivity contribution in [2.45, 2.75) is 79.1 Å². The summed E-state index contributed by atoms with van der Waals surface area (Å²) in [7, 11) is 0. The molecule has 0 aliphatic heterocycles. The Labute approximate surface area is 132 Å². The molecule has 21 heavy (non-hydrogen) atoms. The Balaban J connectivity index is 2.58. The highest BCUT2D eigenvalue weighted by Crippen LogP contribution is 2.20. The second-order valence-corrected chi connectivity index (χ2v) is 6.38. The van der Waals surface area contributed by atoms with Crippen LogP contribution in [0.25, 0.3) is 0 Å². The van der Waals surface area contributed by atoms with Crippen molar-refractivity contribution in [2.75, 3.05) is 18.0 Å². The van der Waals surface area contributed by atoms with Gasteiger partial charge in [-0.05, 0) is 49.9 Å². The highest BCUT2D eigenvalue weighted by molar-refractivity contribution is 5.50. The number of benzene rings is 1. The van der Waals surface area contributed by atoms with E-state index >= 15 is 0 Å². The third-order valence-corrected chi connectivity index (χ3v) is 4.42. The van der Waals surface area contributed by atoms with Gasteiger partial charge in [0.15, 0.2) is 0 Å². The van der Waals surface area contributed by atoms with E-state index in [1.165, 1.54) is 81.3 Å². The van der Waals surface area contributed by atoms with E-state index in [9.17, 15) is 0 Å². The standard InChI is InChI=1S/C20H35N/c1-5-7-9-11-15-21(16-12-10-8-6-2)20-14-13-18(3)19(4)17-20/h13-14,17H,5-12,15-16H2,1-4H3. The van der Waals surface area contributed by atoms with Crippen molar-refractivity contribution in [3.63, 3.8) is 0 Å². The van der Waals surface area contributed by atoms with Gasteiger partial charge in [-0.15, -0.1) is 0 Å². The van der Waals surface area contributed by atoms with Crippen molar-refractivity contribution < 1.29 is 0 Å². The molecule has 1 nitrogen and oxygen atoms in total. The van der Waals surface area contributed by atoms with E-state index in [4.69, 9.17) is 0 Å². The van der Waals surface area contributed by atoms with Crippen molar-refractivity contribution in [3.8, 4) is 0 Å². The molecule has 0 aliphatic rings. The van der Waals surface area contributed by atoms with Crippen LogP contribution in [-0.2, 0) is 0 Å². The van der Waals surface area contributed by atoms with Crippen molar-refractivity contribution in [1.82, 2.24) is 0 Å². The number of aryl methyl sites for hydroxylation is 2. The summed E-state index contributed by atoms with van der Waals surface area (Å²) < 4.78 is 0. The Bertz CT molecular complexity index is 371. The third-order valence-electron chi connectivity index (χ3n) is 4.42. The molecule has 0 saturated carbocycles. The van der Waals surface area contributed by atoms with Gasteiger partial charge in [0.2, 0.25) is 0 Å². The van der Waals surface area contributed by atoms with Crippen molar-refractivity contribution >= 4 is 5.69 Å². The molecule has 1 aromatic rings. The Morgan fingerprint density at radius 1 is 0.714 bits per heavy atom. The highest BCUT2D eigenvalue weighted by Gasteiger charge is 2.07. The maximum atomic E-state index is 2.61. The fourth-order valence-corrected chi connectivity index (χ4v) is 2.75. The van der Waals surface area contributed by atoms with Crippen molar-refractivity contribution in [3.05, 3.63) is 29.3 Å². The predicted molar refractivity (Wildman–Crippen MR) is 96.4 cm³/mol. The van der Waals surface area contributed by atoms with Gasteiger partial charge in [-0.1, -0.05) is 58.4 Å². The molecule has 0 aliphatic carbocycles. The number of hydrogen-bond donors (Lipinski definition) is 0. The second kappa shape index (κ2) is 10.7. The average Bonchev–Trinajstić information content (AvgIpc) is 2.48. The quantitative estimate of drug-likeness (QED) is 0.434.